The minimum Gasteiger partial charge on any atom is -0.497 e. The Morgan fingerprint density at radius 2 is 1.78 bits per heavy atom. The fourth-order valence-electron chi connectivity index (χ4n) is 3.35. The van der Waals surface area contributed by atoms with Crippen molar-refractivity contribution in [3.8, 4) is 5.75 Å². The number of amides is 1. The van der Waals surface area contributed by atoms with Crippen LogP contribution in [-0.2, 0) is 11.3 Å². The summed E-state index contributed by atoms with van der Waals surface area (Å²) in [4.78, 5) is 14.5. The first-order valence-corrected chi connectivity index (χ1v) is 9.16. The molecule has 128 valence electrons. The molecule has 1 aliphatic rings. The second-order valence-electron chi connectivity index (χ2n) is 6.65. The smallest absolute Gasteiger partial charge is 0.226 e. The molecule has 1 fully saturated rings. The van der Waals surface area contributed by atoms with E-state index in [1.807, 2.05) is 29.2 Å². The van der Waals surface area contributed by atoms with Gasteiger partial charge in [0.2, 0.25) is 5.91 Å². The lowest BCUT2D eigenvalue weighted by Gasteiger charge is -2.17. The molecule has 1 aliphatic heterocycles. The fourth-order valence-corrected chi connectivity index (χ4v) is 3.35. The first kappa shape index (κ1) is 17.8. The lowest BCUT2D eigenvalue weighted by atomic mass is 9.99. The molecular weight excluding hydrogens is 286 g/mol. The van der Waals surface area contributed by atoms with Crippen LogP contribution in [0.15, 0.2) is 24.3 Å². The third kappa shape index (κ3) is 5.56. The molecule has 0 spiro atoms. The summed E-state index contributed by atoms with van der Waals surface area (Å²) in [6, 6.07) is 8.02. The largest absolute Gasteiger partial charge is 0.497 e. The number of ether oxygens (including phenoxy) is 1. The maximum Gasteiger partial charge on any atom is 0.226 e. The maximum absolute atomic E-state index is 12.5. The number of carbonyl (C=O) groups is 1. The summed E-state index contributed by atoms with van der Waals surface area (Å²) in [7, 11) is 1.67. The summed E-state index contributed by atoms with van der Waals surface area (Å²) in [5.74, 6) is 1.48. The average Bonchev–Trinajstić information content (AvgIpc) is 2.92. The lowest BCUT2D eigenvalue weighted by Crippen LogP contribution is -2.26. The van der Waals surface area contributed by atoms with Crippen LogP contribution in [0.3, 0.4) is 0 Å². The third-order valence-corrected chi connectivity index (χ3v) is 4.85. The van der Waals surface area contributed by atoms with Crippen LogP contribution in [0.25, 0.3) is 0 Å². The van der Waals surface area contributed by atoms with E-state index in [1.165, 1.54) is 44.1 Å². The van der Waals surface area contributed by atoms with Crippen LogP contribution in [-0.4, -0.2) is 24.5 Å². The minimum absolute atomic E-state index is 0.263. The molecular formula is C20H31NO2. The van der Waals surface area contributed by atoms with Gasteiger partial charge in [-0.05, 0) is 30.5 Å². The molecule has 0 bridgehead atoms. The molecule has 0 aliphatic carbocycles. The highest BCUT2D eigenvalue weighted by Gasteiger charge is 2.30. The molecule has 23 heavy (non-hydrogen) atoms. The molecule has 1 heterocycles. The van der Waals surface area contributed by atoms with E-state index in [-0.39, 0.29) is 5.92 Å². The van der Waals surface area contributed by atoms with Crippen molar-refractivity contribution in [3.05, 3.63) is 29.8 Å². The van der Waals surface area contributed by atoms with Gasteiger partial charge in [-0.15, -0.1) is 0 Å². The van der Waals surface area contributed by atoms with Gasteiger partial charge in [0.1, 0.15) is 5.75 Å². The van der Waals surface area contributed by atoms with Gasteiger partial charge in [0, 0.05) is 19.0 Å². The first-order valence-electron chi connectivity index (χ1n) is 9.16. The van der Waals surface area contributed by atoms with Crippen LogP contribution in [0.5, 0.6) is 5.75 Å². The zero-order valence-corrected chi connectivity index (χ0v) is 14.7. The number of methoxy groups -OCH3 is 1. The number of benzene rings is 1. The van der Waals surface area contributed by atoms with Gasteiger partial charge in [0.15, 0.2) is 0 Å². The van der Waals surface area contributed by atoms with E-state index >= 15 is 0 Å². The fraction of sp³-hybridized carbons (Fsp3) is 0.650. The summed E-state index contributed by atoms with van der Waals surface area (Å²) in [5, 5.41) is 0. The number of carbonyl (C=O) groups excluding carboxylic acids is 1. The Balaban J connectivity index is 1.70. The Morgan fingerprint density at radius 3 is 2.48 bits per heavy atom. The van der Waals surface area contributed by atoms with Crippen LogP contribution in [0, 0.1) is 5.92 Å². The zero-order chi connectivity index (χ0) is 16.5. The molecule has 1 amide bonds. The van der Waals surface area contributed by atoms with Crippen molar-refractivity contribution >= 4 is 5.91 Å². The molecule has 2 rings (SSSR count). The molecule has 0 saturated carbocycles. The van der Waals surface area contributed by atoms with Crippen LogP contribution < -0.4 is 4.74 Å². The summed E-state index contributed by atoms with van der Waals surface area (Å²) < 4.78 is 5.18. The second-order valence-corrected chi connectivity index (χ2v) is 6.65. The monoisotopic (exact) mass is 317 g/mol. The third-order valence-electron chi connectivity index (χ3n) is 4.85. The van der Waals surface area contributed by atoms with E-state index in [0.29, 0.717) is 5.91 Å². The number of hydrogen-bond acceptors (Lipinski definition) is 2. The van der Waals surface area contributed by atoms with E-state index in [4.69, 9.17) is 4.74 Å². The van der Waals surface area contributed by atoms with E-state index in [0.717, 1.165) is 31.7 Å². The highest BCUT2D eigenvalue weighted by Crippen LogP contribution is 2.26. The van der Waals surface area contributed by atoms with Crippen molar-refractivity contribution in [2.75, 3.05) is 13.7 Å². The number of nitrogens with zero attached hydrogens (tertiary/aromatic N) is 1. The Morgan fingerprint density at radius 1 is 1.09 bits per heavy atom. The van der Waals surface area contributed by atoms with Crippen molar-refractivity contribution in [1.82, 2.24) is 4.90 Å². The SMILES string of the molecule is CCCCCCCC[C@H]1CCN(Cc2ccc(OC)cc2)C1=O. The number of unbranched alkanes of at least 4 members (excludes halogenated alkanes) is 5. The molecule has 0 aromatic heterocycles. The van der Waals surface area contributed by atoms with Gasteiger partial charge in [0.25, 0.3) is 0 Å². The minimum atomic E-state index is 0.263. The van der Waals surface area contributed by atoms with Crippen molar-refractivity contribution < 1.29 is 9.53 Å². The second kappa shape index (κ2) is 9.59. The van der Waals surface area contributed by atoms with Crippen molar-refractivity contribution in [1.29, 1.82) is 0 Å². The topological polar surface area (TPSA) is 29.5 Å². The summed E-state index contributed by atoms with van der Waals surface area (Å²) in [6.07, 6.45) is 9.90. The Kier molecular flexibility index (Phi) is 7.44. The highest BCUT2D eigenvalue weighted by atomic mass is 16.5. The standard InChI is InChI=1S/C20H31NO2/c1-3-4-5-6-7-8-9-18-14-15-21(20(18)22)16-17-10-12-19(23-2)13-11-17/h10-13,18H,3-9,14-16H2,1-2H3/t18-/m0/s1. The lowest BCUT2D eigenvalue weighted by molar-refractivity contribution is -0.131. The van der Waals surface area contributed by atoms with Crippen LogP contribution in [0.1, 0.15) is 63.9 Å². The van der Waals surface area contributed by atoms with Crippen molar-refractivity contribution in [3.63, 3.8) is 0 Å². The van der Waals surface area contributed by atoms with Gasteiger partial charge in [-0.2, -0.15) is 0 Å². The Labute approximate surface area is 141 Å². The van der Waals surface area contributed by atoms with Crippen molar-refractivity contribution in [2.45, 2.75) is 64.8 Å². The number of rotatable bonds is 10. The molecule has 1 aromatic carbocycles. The first-order chi connectivity index (χ1) is 11.2. The summed E-state index contributed by atoms with van der Waals surface area (Å²) in [6.45, 7) is 3.88. The molecule has 0 N–H and O–H groups in total. The summed E-state index contributed by atoms with van der Waals surface area (Å²) in [5.41, 5.74) is 1.18. The predicted octanol–water partition coefficient (Wildman–Crippen LogP) is 4.79. The van der Waals surface area contributed by atoms with Crippen LogP contribution >= 0.6 is 0 Å². The zero-order valence-electron chi connectivity index (χ0n) is 14.7. The van der Waals surface area contributed by atoms with Gasteiger partial charge in [0.05, 0.1) is 7.11 Å². The number of hydrogen-bond donors (Lipinski definition) is 0. The molecule has 1 aromatic rings. The van der Waals surface area contributed by atoms with Gasteiger partial charge in [-0.25, -0.2) is 0 Å². The van der Waals surface area contributed by atoms with E-state index in [9.17, 15) is 4.79 Å². The average molecular weight is 317 g/mol. The predicted molar refractivity (Wildman–Crippen MR) is 94.5 cm³/mol. The van der Waals surface area contributed by atoms with E-state index < -0.39 is 0 Å². The van der Waals surface area contributed by atoms with Crippen LogP contribution in [0.4, 0.5) is 0 Å². The van der Waals surface area contributed by atoms with Gasteiger partial charge < -0.3 is 9.64 Å². The summed E-state index contributed by atoms with van der Waals surface area (Å²) >= 11 is 0. The van der Waals surface area contributed by atoms with Crippen molar-refractivity contribution in [2.24, 2.45) is 5.92 Å². The quantitative estimate of drug-likeness (QED) is 0.580. The van der Waals surface area contributed by atoms with Crippen LogP contribution in [0.2, 0.25) is 0 Å². The van der Waals surface area contributed by atoms with E-state index in [2.05, 4.69) is 6.92 Å². The van der Waals surface area contributed by atoms with Gasteiger partial charge >= 0.3 is 0 Å². The highest BCUT2D eigenvalue weighted by molar-refractivity contribution is 5.80. The molecule has 0 radical (unpaired) electrons. The Hall–Kier alpha value is -1.51. The maximum atomic E-state index is 12.5. The van der Waals surface area contributed by atoms with Gasteiger partial charge in [-0.3, -0.25) is 4.79 Å². The Bertz CT molecular complexity index is 469. The molecule has 0 unspecified atom stereocenters. The number of likely N-dealkylation sites (tertiary alicyclic amines) is 1. The molecule has 3 heteroatoms. The van der Waals surface area contributed by atoms with Gasteiger partial charge in [-0.1, -0.05) is 57.6 Å². The van der Waals surface area contributed by atoms with E-state index in [1.54, 1.807) is 7.11 Å². The molecule has 1 saturated heterocycles. The molecule has 3 nitrogen and oxygen atoms in total. The normalized spacial score (nSPS) is 17.7. The molecule has 1 atom stereocenters.